The largest absolute Gasteiger partial charge is 0.165 e. The summed E-state index contributed by atoms with van der Waals surface area (Å²) in [6.45, 7) is 2.24. The van der Waals surface area contributed by atoms with Gasteiger partial charge in [0, 0.05) is 5.33 Å². The van der Waals surface area contributed by atoms with Gasteiger partial charge in [-0.1, -0.05) is 22.9 Å². The second-order valence-corrected chi connectivity index (χ2v) is 3.27. The third-order valence-electron chi connectivity index (χ3n) is 0.715. The molecular formula is C5H11BrS. The fourth-order valence-corrected chi connectivity index (χ4v) is 1.55. The molecule has 0 aliphatic heterocycles. The SMILES string of the molecule is CSCC(C)CBr. The molecule has 0 saturated heterocycles. The van der Waals surface area contributed by atoms with Crippen molar-refractivity contribution in [1.29, 1.82) is 0 Å². The number of hydrogen-bond acceptors (Lipinski definition) is 1. The minimum Gasteiger partial charge on any atom is -0.165 e. The predicted octanol–water partition coefficient (Wildman–Crippen LogP) is 2.38. The molecule has 2 heteroatoms. The van der Waals surface area contributed by atoms with Crippen molar-refractivity contribution in [1.82, 2.24) is 0 Å². The van der Waals surface area contributed by atoms with E-state index in [1.54, 1.807) is 0 Å². The van der Waals surface area contributed by atoms with E-state index in [1.807, 2.05) is 11.8 Å². The molecule has 0 aromatic heterocycles. The molecule has 0 saturated carbocycles. The topological polar surface area (TPSA) is 0 Å². The summed E-state index contributed by atoms with van der Waals surface area (Å²) in [5.41, 5.74) is 0. The standard InChI is InChI=1S/C5H11BrS/c1-5(3-6)4-7-2/h5H,3-4H2,1-2H3. The summed E-state index contributed by atoms with van der Waals surface area (Å²) in [7, 11) is 0. The van der Waals surface area contributed by atoms with E-state index >= 15 is 0 Å². The maximum Gasteiger partial charge on any atom is 0.00649 e. The summed E-state index contributed by atoms with van der Waals surface area (Å²) in [6.07, 6.45) is 2.14. The van der Waals surface area contributed by atoms with Crippen LogP contribution in [0.5, 0.6) is 0 Å². The van der Waals surface area contributed by atoms with Crippen molar-refractivity contribution in [2.75, 3.05) is 17.3 Å². The molecule has 0 aliphatic carbocycles. The van der Waals surface area contributed by atoms with Gasteiger partial charge in [-0.05, 0) is 17.9 Å². The van der Waals surface area contributed by atoms with Gasteiger partial charge < -0.3 is 0 Å². The van der Waals surface area contributed by atoms with Crippen LogP contribution in [0.2, 0.25) is 0 Å². The smallest absolute Gasteiger partial charge is 0.00649 e. The van der Waals surface area contributed by atoms with Crippen molar-refractivity contribution in [2.24, 2.45) is 5.92 Å². The van der Waals surface area contributed by atoms with Crippen LogP contribution < -0.4 is 0 Å². The quantitative estimate of drug-likeness (QED) is 0.605. The molecule has 44 valence electrons. The molecule has 0 aromatic rings. The lowest BCUT2D eigenvalue weighted by Gasteiger charge is -2.01. The maximum atomic E-state index is 3.40. The van der Waals surface area contributed by atoms with Crippen LogP contribution in [0.15, 0.2) is 0 Å². The molecule has 1 unspecified atom stereocenters. The van der Waals surface area contributed by atoms with Crippen LogP contribution in [0.25, 0.3) is 0 Å². The van der Waals surface area contributed by atoms with Gasteiger partial charge in [-0.25, -0.2) is 0 Å². The summed E-state index contributed by atoms with van der Waals surface area (Å²) in [6, 6.07) is 0. The van der Waals surface area contributed by atoms with Gasteiger partial charge in [0.05, 0.1) is 0 Å². The first-order chi connectivity index (χ1) is 3.31. The average Bonchev–Trinajstić information content (AvgIpc) is 1.68. The lowest BCUT2D eigenvalue weighted by Crippen LogP contribution is -1.97. The van der Waals surface area contributed by atoms with Gasteiger partial charge in [-0.3, -0.25) is 0 Å². The van der Waals surface area contributed by atoms with Crippen LogP contribution in [0.1, 0.15) is 6.92 Å². The minimum atomic E-state index is 0.829. The molecule has 0 radical (unpaired) electrons. The Morgan fingerprint density at radius 1 is 1.71 bits per heavy atom. The lowest BCUT2D eigenvalue weighted by molar-refractivity contribution is 0.771. The minimum absolute atomic E-state index is 0.829. The molecule has 1 atom stereocenters. The van der Waals surface area contributed by atoms with Crippen molar-refractivity contribution >= 4 is 27.7 Å². The van der Waals surface area contributed by atoms with Crippen molar-refractivity contribution in [2.45, 2.75) is 6.92 Å². The Kier molecular flexibility index (Phi) is 5.57. The molecule has 0 fully saturated rings. The second-order valence-electron chi connectivity index (χ2n) is 1.71. The Bertz CT molecular complexity index is 39.1. The third kappa shape index (κ3) is 4.69. The first-order valence-electron chi connectivity index (χ1n) is 2.36. The van der Waals surface area contributed by atoms with Gasteiger partial charge in [-0.15, -0.1) is 0 Å². The van der Waals surface area contributed by atoms with E-state index < -0.39 is 0 Å². The van der Waals surface area contributed by atoms with E-state index in [0.717, 1.165) is 11.2 Å². The van der Waals surface area contributed by atoms with Crippen molar-refractivity contribution in [3.63, 3.8) is 0 Å². The van der Waals surface area contributed by atoms with Gasteiger partial charge in [0.2, 0.25) is 0 Å². The van der Waals surface area contributed by atoms with Crippen LogP contribution in [0, 0.1) is 5.92 Å². The molecule has 0 aromatic carbocycles. The van der Waals surface area contributed by atoms with Crippen LogP contribution in [-0.2, 0) is 0 Å². The van der Waals surface area contributed by atoms with Gasteiger partial charge in [0.1, 0.15) is 0 Å². The fraction of sp³-hybridized carbons (Fsp3) is 1.00. The summed E-state index contributed by atoms with van der Waals surface area (Å²) in [5, 5.41) is 1.13. The first-order valence-corrected chi connectivity index (χ1v) is 4.87. The highest BCUT2D eigenvalue weighted by Gasteiger charge is 1.94. The Balaban J connectivity index is 2.83. The third-order valence-corrected chi connectivity index (χ3v) is 2.72. The van der Waals surface area contributed by atoms with E-state index in [0.29, 0.717) is 0 Å². The Morgan fingerprint density at radius 3 is 2.43 bits per heavy atom. The fourth-order valence-electron chi connectivity index (χ4n) is 0.329. The molecule has 0 bridgehead atoms. The Labute approximate surface area is 58.2 Å². The average molecular weight is 183 g/mol. The normalized spacial score (nSPS) is 14.1. The Morgan fingerprint density at radius 2 is 2.29 bits per heavy atom. The number of alkyl halides is 1. The monoisotopic (exact) mass is 182 g/mol. The van der Waals surface area contributed by atoms with E-state index in [-0.39, 0.29) is 0 Å². The van der Waals surface area contributed by atoms with Crippen LogP contribution in [-0.4, -0.2) is 17.3 Å². The molecular weight excluding hydrogens is 172 g/mol. The molecule has 0 rings (SSSR count). The molecule has 7 heavy (non-hydrogen) atoms. The van der Waals surface area contributed by atoms with Gasteiger partial charge in [-0.2, -0.15) is 11.8 Å². The summed E-state index contributed by atoms with van der Waals surface area (Å²) < 4.78 is 0. The first kappa shape index (κ1) is 7.83. The van der Waals surface area contributed by atoms with Crippen molar-refractivity contribution in [3.05, 3.63) is 0 Å². The zero-order valence-corrected chi connectivity index (χ0v) is 7.18. The maximum absolute atomic E-state index is 3.40. The predicted molar refractivity (Wildman–Crippen MR) is 41.3 cm³/mol. The second kappa shape index (κ2) is 4.98. The summed E-state index contributed by atoms with van der Waals surface area (Å²) in [5.74, 6) is 2.10. The van der Waals surface area contributed by atoms with Gasteiger partial charge >= 0.3 is 0 Å². The molecule has 0 aliphatic rings. The van der Waals surface area contributed by atoms with Gasteiger partial charge in [0.15, 0.2) is 0 Å². The van der Waals surface area contributed by atoms with E-state index in [9.17, 15) is 0 Å². The highest BCUT2D eigenvalue weighted by molar-refractivity contribution is 9.09. The van der Waals surface area contributed by atoms with Crippen LogP contribution in [0.3, 0.4) is 0 Å². The van der Waals surface area contributed by atoms with Gasteiger partial charge in [0.25, 0.3) is 0 Å². The number of halogens is 1. The molecule has 0 nitrogen and oxygen atoms in total. The highest BCUT2D eigenvalue weighted by atomic mass is 79.9. The van der Waals surface area contributed by atoms with E-state index in [1.165, 1.54) is 5.75 Å². The van der Waals surface area contributed by atoms with Crippen molar-refractivity contribution in [3.8, 4) is 0 Å². The number of hydrogen-bond donors (Lipinski definition) is 0. The lowest BCUT2D eigenvalue weighted by atomic mass is 10.3. The Hall–Kier alpha value is 0.830. The summed E-state index contributed by atoms with van der Waals surface area (Å²) >= 11 is 5.31. The van der Waals surface area contributed by atoms with Crippen molar-refractivity contribution < 1.29 is 0 Å². The van der Waals surface area contributed by atoms with Crippen LogP contribution in [0.4, 0.5) is 0 Å². The van der Waals surface area contributed by atoms with E-state index in [2.05, 4.69) is 29.1 Å². The van der Waals surface area contributed by atoms with Crippen LogP contribution >= 0.6 is 27.7 Å². The molecule has 0 spiro atoms. The molecule has 0 N–H and O–H groups in total. The zero-order chi connectivity index (χ0) is 5.70. The zero-order valence-electron chi connectivity index (χ0n) is 4.78. The summed E-state index contributed by atoms with van der Waals surface area (Å²) in [4.78, 5) is 0. The highest BCUT2D eigenvalue weighted by Crippen LogP contribution is 2.05. The molecule has 0 heterocycles. The number of thioether (sulfide) groups is 1. The number of rotatable bonds is 3. The molecule has 0 amide bonds. The van der Waals surface area contributed by atoms with E-state index in [4.69, 9.17) is 0 Å².